The molecule has 1 aliphatic heterocycles. The van der Waals surface area contributed by atoms with E-state index in [1.165, 1.54) is 0 Å². The molecule has 15 heavy (non-hydrogen) atoms. The van der Waals surface area contributed by atoms with Gasteiger partial charge in [-0.25, -0.2) is 9.80 Å². The zero-order chi connectivity index (χ0) is 11.6. The van der Waals surface area contributed by atoms with E-state index in [-0.39, 0.29) is 17.9 Å². The van der Waals surface area contributed by atoms with Gasteiger partial charge in [-0.05, 0) is 0 Å². The van der Waals surface area contributed by atoms with E-state index < -0.39 is 30.3 Å². The standard InChI is InChI=1S/C7H7F3N2O3/c8-7(9,10)3-12-5(13)2-1-4(11-12)6(14)15/h1-3H2,(H,14,15). The third-order valence-corrected chi connectivity index (χ3v) is 1.68. The van der Waals surface area contributed by atoms with Crippen molar-refractivity contribution in [2.45, 2.75) is 19.0 Å². The maximum Gasteiger partial charge on any atom is 0.408 e. The first-order valence-electron chi connectivity index (χ1n) is 3.97. The Morgan fingerprint density at radius 1 is 1.47 bits per heavy atom. The zero-order valence-electron chi connectivity index (χ0n) is 7.41. The number of alkyl halides is 3. The monoisotopic (exact) mass is 224 g/mol. The number of hydrazone groups is 1. The molecule has 5 nitrogen and oxygen atoms in total. The lowest BCUT2D eigenvalue weighted by atomic mass is 10.2. The van der Waals surface area contributed by atoms with E-state index in [1.54, 1.807) is 0 Å². The molecular weight excluding hydrogens is 217 g/mol. The molecule has 1 aliphatic rings. The number of hydrogen-bond donors (Lipinski definition) is 1. The summed E-state index contributed by atoms with van der Waals surface area (Å²) in [6.07, 6.45) is -4.98. The largest absolute Gasteiger partial charge is 0.477 e. The van der Waals surface area contributed by atoms with Gasteiger partial charge >= 0.3 is 12.1 Å². The van der Waals surface area contributed by atoms with Crippen molar-refractivity contribution in [3.05, 3.63) is 0 Å². The van der Waals surface area contributed by atoms with Crippen LogP contribution in [0.4, 0.5) is 13.2 Å². The second-order valence-corrected chi connectivity index (χ2v) is 2.92. The lowest BCUT2D eigenvalue weighted by molar-refractivity contribution is -0.162. The molecule has 1 heterocycles. The Morgan fingerprint density at radius 2 is 2.07 bits per heavy atom. The minimum atomic E-state index is -4.58. The van der Waals surface area contributed by atoms with Gasteiger partial charge in [0, 0.05) is 12.8 Å². The summed E-state index contributed by atoms with van der Waals surface area (Å²) in [6.45, 7) is -1.55. The number of hydrogen-bond acceptors (Lipinski definition) is 3. The number of amides is 1. The van der Waals surface area contributed by atoms with Gasteiger partial charge in [0.2, 0.25) is 5.91 Å². The van der Waals surface area contributed by atoms with Crippen LogP contribution in [0.25, 0.3) is 0 Å². The van der Waals surface area contributed by atoms with E-state index in [4.69, 9.17) is 5.11 Å². The minimum Gasteiger partial charge on any atom is -0.477 e. The summed E-state index contributed by atoms with van der Waals surface area (Å²) >= 11 is 0. The summed E-state index contributed by atoms with van der Waals surface area (Å²) in [6, 6.07) is 0. The van der Waals surface area contributed by atoms with Crippen molar-refractivity contribution in [2.75, 3.05) is 6.54 Å². The molecule has 0 bridgehead atoms. The molecule has 84 valence electrons. The fraction of sp³-hybridized carbons (Fsp3) is 0.571. The van der Waals surface area contributed by atoms with Crippen LogP contribution >= 0.6 is 0 Å². The number of halogens is 3. The fourth-order valence-electron chi connectivity index (χ4n) is 1.05. The molecule has 1 rings (SSSR count). The van der Waals surface area contributed by atoms with Gasteiger partial charge in [0.05, 0.1) is 0 Å². The lowest BCUT2D eigenvalue weighted by Crippen LogP contribution is -2.39. The van der Waals surface area contributed by atoms with Crippen LogP contribution in [-0.4, -0.2) is 40.4 Å². The summed E-state index contributed by atoms with van der Waals surface area (Å²) in [4.78, 5) is 21.4. The van der Waals surface area contributed by atoms with E-state index >= 15 is 0 Å². The van der Waals surface area contributed by atoms with Crippen molar-refractivity contribution in [3.8, 4) is 0 Å². The SMILES string of the molecule is O=C(O)C1=NN(CC(F)(F)F)C(=O)CC1. The number of carboxylic acids is 1. The number of rotatable bonds is 2. The Bertz CT molecular complexity index is 324. The zero-order valence-corrected chi connectivity index (χ0v) is 7.41. The number of carbonyl (C=O) groups is 2. The Labute approximate surface area is 82.2 Å². The van der Waals surface area contributed by atoms with E-state index in [0.29, 0.717) is 0 Å². The molecule has 0 spiro atoms. The molecule has 0 aliphatic carbocycles. The minimum absolute atomic E-state index is 0.136. The summed E-state index contributed by atoms with van der Waals surface area (Å²) in [5.74, 6) is -2.23. The Balaban J connectivity index is 2.81. The van der Waals surface area contributed by atoms with Gasteiger partial charge in [-0.1, -0.05) is 0 Å². The maximum absolute atomic E-state index is 11.9. The second kappa shape index (κ2) is 3.87. The third-order valence-electron chi connectivity index (χ3n) is 1.68. The van der Waals surface area contributed by atoms with Crippen molar-refractivity contribution >= 4 is 17.6 Å². The Kier molecular flexibility index (Phi) is 2.96. The summed E-state index contributed by atoms with van der Waals surface area (Å²) < 4.78 is 35.8. The molecule has 0 aromatic heterocycles. The average molecular weight is 224 g/mol. The van der Waals surface area contributed by atoms with E-state index in [1.807, 2.05) is 0 Å². The predicted molar refractivity (Wildman–Crippen MR) is 42.1 cm³/mol. The van der Waals surface area contributed by atoms with E-state index in [2.05, 4.69) is 5.10 Å². The van der Waals surface area contributed by atoms with Crippen LogP contribution in [0.2, 0.25) is 0 Å². The van der Waals surface area contributed by atoms with Gasteiger partial charge in [0.15, 0.2) is 0 Å². The maximum atomic E-state index is 11.9. The van der Waals surface area contributed by atoms with E-state index in [9.17, 15) is 22.8 Å². The highest BCUT2D eigenvalue weighted by molar-refractivity contribution is 6.36. The predicted octanol–water partition coefficient (Wildman–Crippen LogP) is 0.612. The molecule has 0 unspecified atom stereocenters. The van der Waals surface area contributed by atoms with Crippen molar-refractivity contribution < 1.29 is 27.9 Å². The molecule has 1 N–H and O–H groups in total. The Hall–Kier alpha value is -1.60. The third kappa shape index (κ3) is 3.22. The lowest BCUT2D eigenvalue weighted by Gasteiger charge is -2.22. The molecule has 0 aromatic carbocycles. The van der Waals surface area contributed by atoms with Gasteiger partial charge in [-0.2, -0.15) is 18.3 Å². The number of carbonyl (C=O) groups excluding carboxylic acids is 1. The molecule has 0 radical (unpaired) electrons. The summed E-state index contributed by atoms with van der Waals surface area (Å²) in [5.41, 5.74) is -0.432. The Morgan fingerprint density at radius 3 is 2.53 bits per heavy atom. The first-order valence-corrected chi connectivity index (χ1v) is 3.97. The van der Waals surface area contributed by atoms with Crippen molar-refractivity contribution in [3.63, 3.8) is 0 Å². The number of aliphatic carboxylic acids is 1. The molecule has 0 atom stereocenters. The highest BCUT2D eigenvalue weighted by Crippen LogP contribution is 2.19. The van der Waals surface area contributed by atoms with Crippen LogP contribution in [0.15, 0.2) is 5.10 Å². The van der Waals surface area contributed by atoms with Gasteiger partial charge in [0.25, 0.3) is 0 Å². The molecule has 8 heteroatoms. The number of carboxylic acid groups (broad SMARTS) is 1. The first-order chi connectivity index (χ1) is 6.79. The van der Waals surface area contributed by atoms with Crippen molar-refractivity contribution in [1.29, 1.82) is 0 Å². The van der Waals surface area contributed by atoms with Gasteiger partial charge in [0.1, 0.15) is 12.3 Å². The second-order valence-electron chi connectivity index (χ2n) is 2.92. The van der Waals surface area contributed by atoms with Crippen LogP contribution in [-0.2, 0) is 9.59 Å². The molecule has 0 aromatic rings. The van der Waals surface area contributed by atoms with Crippen LogP contribution in [0.1, 0.15) is 12.8 Å². The van der Waals surface area contributed by atoms with Crippen LogP contribution in [0, 0.1) is 0 Å². The van der Waals surface area contributed by atoms with Gasteiger partial charge in [-0.3, -0.25) is 4.79 Å². The van der Waals surface area contributed by atoms with Crippen LogP contribution in [0.5, 0.6) is 0 Å². The normalized spacial score (nSPS) is 17.7. The quantitative estimate of drug-likeness (QED) is 0.747. The fourth-order valence-corrected chi connectivity index (χ4v) is 1.05. The van der Waals surface area contributed by atoms with Crippen molar-refractivity contribution in [1.82, 2.24) is 5.01 Å². The molecular formula is C7H7F3N2O3. The van der Waals surface area contributed by atoms with Gasteiger partial charge < -0.3 is 5.11 Å². The van der Waals surface area contributed by atoms with Crippen LogP contribution < -0.4 is 0 Å². The van der Waals surface area contributed by atoms with Crippen LogP contribution in [0.3, 0.4) is 0 Å². The highest BCUT2D eigenvalue weighted by Gasteiger charge is 2.35. The molecule has 0 fully saturated rings. The highest BCUT2D eigenvalue weighted by atomic mass is 19.4. The molecule has 0 saturated heterocycles. The molecule has 1 amide bonds. The van der Waals surface area contributed by atoms with Crippen molar-refractivity contribution in [2.24, 2.45) is 5.10 Å². The molecule has 0 saturated carbocycles. The summed E-state index contributed by atoms with van der Waals surface area (Å²) in [7, 11) is 0. The van der Waals surface area contributed by atoms with Gasteiger partial charge in [-0.15, -0.1) is 0 Å². The smallest absolute Gasteiger partial charge is 0.408 e. The first kappa shape index (κ1) is 11.5. The van der Waals surface area contributed by atoms with E-state index in [0.717, 1.165) is 0 Å². The summed E-state index contributed by atoms with van der Waals surface area (Å²) in [5, 5.41) is 11.8. The number of nitrogens with zero attached hydrogens (tertiary/aromatic N) is 2. The average Bonchev–Trinajstić information content (AvgIpc) is 2.06. The topological polar surface area (TPSA) is 70.0 Å².